The lowest BCUT2D eigenvalue weighted by Crippen LogP contribution is -2.29. The van der Waals surface area contributed by atoms with Gasteiger partial charge in [-0.3, -0.25) is 4.79 Å². The van der Waals surface area contributed by atoms with Crippen molar-refractivity contribution in [2.24, 2.45) is 0 Å². The lowest BCUT2D eigenvalue weighted by Gasteiger charge is -2.23. The average Bonchev–Trinajstić information content (AvgIpc) is 2.72. The summed E-state index contributed by atoms with van der Waals surface area (Å²) in [6, 6.07) is 6.18. The topological polar surface area (TPSA) is 55.8 Å². The quantitative estimate of drug-likeness (QED) is 0.890. The Morgan fingerprint density at radius 2 is 2.16 bits per heavy atom. The van der Waals surface area contributed by atoms with Crippen molar-refractivity contribution in [3.63, 3.8) is 0 Å². The molecule has 0 radical (unpaired) electrons. The number of hydrogen-bond acceptors (Lipinski definition) is 3. The molecule has 0 bridgehead atoms. The van der Waals surface area contributed by atoms with E-state index in [0.29, 0.717) is 19.4 Å². The molecule has 2 atom stereocenters. The summed E-state index contributed by atoms with van der Waals surface area (Å²) in [7, 11) is 0. The summed E-state index contributed by atoms with van der Waals surface area (Å²) in [5.74, 6) is -1.88. The van der Waals surface area contributed by atoms with E-state index in [1.165, 1.54) is 12.1 Å². The van der Waals surface area contributed by atoms with Crippen molar-refractivity contribution >= 4 is 5.97 Å². The van der Waals surface area contributed by atoms with E-state index in [-0.39, 0.29) is 18.3 Å². The Hall–Kier alpha value is -1.46. The highest BCUT2D eigenvalue weighted by molar-refractivity contribution is 5.66. The van der Waals surface area contributed by atoms with Gasteiger partial charge in [0, 0.05) is 12.8 Å². The summed E-state index contributed by atoms with van der Waals surface area (Å²) >= 11 is 0. The Balaban J connectivity index is 1.90. The highest BCUT2D eigenvalue weighted by atomic mass is 19.1. The largest absolute Gasteiger partial charge is 0.481 e. The maximum Gasteiger partial charge on any atom is 0.303 e. The summed E-state index contributed by atoms with van der Waals surface area (Å²) < 4.78 is 24.2. The first-order chi connectivity index (χ1) is 8.97. The third-order valence-electron chi connectivity index (χ3n) is 3.11. The molecule has 1 heterocycles. The third-order valence-corrected chi connectivity index (χ3v) is 3.11. The molecule has 2 rings (SSSR count). The summed E-state index contributed by atoms with van der Waals surface area (Å²) in [5.41, 5.74) is 0.919. The van der Waals surface area contributed by atoms with E-state index in [0.717, 1.165) is 5.56 Å². The molecule has 4 nitrogen and oxygen atoms in total. The van der Waals surface area contributed by atoms with E-state index in [2.05, 4.69) is 0 Å². The fourth-order valence-electron chi connectivity index (χ4n) is 2.18. The Labute approximate surface area is 111 Å². The van der Waals surface area contributed by atoms with Gasteiger partial charge in [-0.2, -0.15) is 0 Å². The van der Waals surface area contributed by atoms with Crippen molar-refractivity contribution in [3.05, 3.63) is 35.6 Å². The second-order valence-corrected chi connectivity index (χ2v) is 4.92. The first kappa shape index (κ1) is 14.0. The maximum atomic E-state index is 12.8. The Morgan fingerprint density at radius 3 is 2.79 bits per heavy atom. The van der Waals surface area contributed by atoms with Crippen molar-refractivity contribution in [1.29, 1.82) is 0 Å². The van der Waals surface area contributed by atoms with Gasteiger partial charge in [0.2, 0.25) is 0 Å². The van der Waals surface area contributed by atoms with Crippen molar-refractivity contribution in [2.45, 2.75) is 38.1 Å². The van der Waals surface area contributed by atoms with Gasteiger partial charge in [-0.25, -0.2) is 4.39 Å². The number of aliphatic carboxylic acids is 1. The molecule has 0 aromatic heterocycles. The van der Waals surface area contributed by atoms with Crippen LogP contribution < -0.4 is 0 Å². The van der Waals surface area contributed by atoms with Crippen LogP contribution in [0.1, 0.15) is 25.3 Å². The number of hydrogen-bond donors (Lipinski definition) is 1. The van der Waals surface area contributed by atoms with Gasteiger partial charge in [-0.05, 0) is 31.0 Å². The molecule has 19 heavy (non-hydrogen) atoms. The van der Waals surface area contributed by atoms with Crippen LogP contribution in [0.15, 0.2) is 24.3 Å². The molecule has 1 aliphatic heterocycles. The summed E-state index contributed by atoms with van der Waals surface area (Å²) in [6.45, 7) is 2.21. The molecule has 1 aliphatic rings. The van der Waals surface area contributed by atoms with Gasteiger partial charge in [0.25, 0.3) is 0 Å². The van der Waals surface area contributed by atoms with Crippen LogP contribution in [0.3, 0.4) is 0 Å². The molecule has 0 amide bonds. The number of rotatable bonds is 5. The van der Waals surface area contributed by atoms with Crippen LogP contribution in [-0.4, -0.2) is 29.6 Å². The zero-order valence-electron chi connectivity index (χ0n) is 10.8. The normalized spacial score (nSPS) is 26.5. The van der Waals surface area contributed by atoms with Gasteiger partial charge >= 0.3 is 5.97 Å². The smallest absolute Gasteiger partial charge is 0.303 e. The molecule has 0 saturated carbocycles. The first-order valence-corrected chi connectivity index (χ1v) is 6.25. The third kappa shape index (κ3) is 4.01. The summed E-state index contributed by atoms with van der Waals surface area (Å²) in [5, 5.41) is 8.63. The lowest BCUT2D eigenvalue weighted by atomic mass is 10.1. The molecular formula is C14H17FO4. The standard InChI is InChI=1S/C14H17FO4/c1-14(8-10-2-4-11(15)5-3-10)18-9-12(19-14)6-7-13(16)17/h2-5,12H,6-9H2,1H3,(H,16,17). The minimum Gasteiger partial charge on any atom is -0.481 e. The summed E-state index contributed by atoms with van der Waals surface area (Å²) in [4.78, 5) is 10.5. The number of ether oxygens (including phenoxy) is 2. The van der Waals surface area contributed by atoms with Gasteiger partial charge in [0.1, 0.15) is 5.82 Å². The van der Waals surface area contributed by atoms with Crippen molar-refractivity contribution in [1.82, 2.24) is 0 Å². The van der Waals surface area contributed by atoms with Gasteiger partial charge < -0.3 is 14.6 Å². The van der Waals surface area contributed by atoms with E-state index < -0.39 is 11.8 Å². The lowest BCUT2D eigenvalue weighted by molar-refractivity contribution is -0.155. The number of carbonyl (C=O) groups is 1. The first-order valence-electron chi connectivity index (χ1n) is 6.25. The molecular weight excluding hydrogens is 251 g/mol. The Morgan fingerprint density at radius 1 is 1.47 bits per heavy atom. The van der Waals surface area contributed by atoms with Crippen molar-refractivity contribution in [2.75, 3.05) is 6.61 Å². The van der Waals surface area contributed by atoms with Crippen molar-refractivity contribution < 1.29 is 23.8 Å². The van der Waals surface area contributed by atoms with Crippen LogP contribution in [0.5, 0.6) is 0 Å². The van der Waals surface area contributed by atoms with E-state index in [9.17, 15) is 9.18 Å². The Bertz CT molecular complexity index is 445. The SMILES string of the molecule is CC1(Cc2ccc(F)cc2)OCC(CCC(=O)O)O1. The predicted octanol–water partition coefficient (Wildman–Crippen LogP) is 2.36. The van der Waals surface area contributed by atoms with E-state index in [1.807, 2.05) is 6.92 Å². The van der Waals surface area contributed by atoms with Gasteiger partial charge in [-0.15, -0.1) is 0 Å². The maximum absolute atomic E-state index is 12.8. The second kappa shape index (κ2) is 5.67. The molecule has 1 N–H and O–H groups in total. The molecule has 1 aromatic carbocycles. The van der Waals surface area contributed by atoms with Crippen LogP contribution in [0, 0.1) is 5.82 Å². The number of carboxylic acid groups (broad SMARTS) is 1. The molecule has 5 heteroatoms. The molecule has 1 saturated heterocycles. The highest BCUT2D eigenvalue weighted by Crippen LogP contribution is 2.29. The van der Waals surface area contributed by atoms with Crippen LogP contribution in [0.2, 0.25) is 0 Å². The molecule has 104 valence electrons. The predicted molar refractivity (Wildman–Crippen MR) is 66.2 cm³/mol. The zero-order valence-corrected chi connectivity index (χ0v) is 10.8. The summed E-state index contributed by atoms with van der Waals surface area (Å²) in [6.07, 6.45) is 0.827. The van der Waals surface area contributed by atoms with Gasteiger partial charge in [0.15, 0.2) is 5.79 Å². The Kier molecular flexibility index (Phi) is 4.17. The van der Waals surface area contributed by atoms with Crippen LogP contribution in [0.4, 0.5) is 4.39 Å². The minimum absolute atomic E-state index is 0.0701. The van der Waals surface area contributed by atoms with E-state index >= 15 is 0 Å². The molecule has 0 spiro atoms. The fourth-order valence-corrected chi connectivity index (χ4v) is 2.18. The van der Waals surface area contributed by atoms with Crippen LogP contribution in [0.25, 0.3) is 0 Å². The van der Waals surface area contributed by atoms with Crippen LogP contribution in [-0.2, 0) is 20.7 Å². The number of carboxylic acids is 1. The average molecular weight is 268 g/mol. The minimum atomic E-state index is -0.837. The van der Waals surface area contributed by atoms with Gasteiger partial charge in [-0.1, -0.05) is 12.1 Å². The fraction of sp³-hybridized carbons (Fsp3) is 0.500. The molecule has 0 aliphatic carbocycles. The highest BCUT2D eigenvalue weighted by Gasteiger charge is 2.37. The second-order valence-electron chi connectivity index (χ2n) is 4.92. The molecule has 1 aromatic rings. The number of halogens is 1. The monoisotopic (exact) mass is 268 g/mol. The van der Waals surface area contributed by atoms with Crippen molar-refractivity contribution in [3.8, 4) is 0 Å². The van der Waals surface area contributed by atoms with E-state index in [1.54, 1.807) is 12.1 Å². The van der Waals surface area contributed by atoms with E-state index in [4.69, 9.17) is 14.6 Å². The molecule has 1 fully saturated rings. The zero-order chi connectivity index (χ0) is 13.9. The number of benzene rings is 1. The molecule has 2 unspecified atom stereocenters. The van der Waals surface area contributed by atoms with Crippen LogP contribution >= 0.6 is 0 Å². The van der Waals surface area contributed by atoms with Gasteiger partial charge in [0.05, 0.1) is 12.7 Å².